The van der Waals surface area contributed by atoms with E-state index in [-0.39, 0.29) is 0 Å². The second-order valence-corrected chi connectivity index (χ2v) is 16.5. The normalized spacial score (nSPS) is 11.4. The molecule has 0 saturated carbocycles. The molecule has 1 aromatic heterocycles. The number of para-hydroxylation sites is 2. The molecule has 0 bridgehead atoms. The topological polar surface area (TPSA) is 8.17 Å². The second kappa shape index (κ2) is 15.8. The summed E-state index contributed by atoms with van der Waals surface area (Å²) in [5, 5.41) is 7.43. The first kappa shape index (κ1) is 37.3. The average Bonchev–Trinajstić information content (AvgIpc) is 3.69. The van der Waals surface area contributed by atoms with E-state index >= 15 is 0 Å². The highest BCUT2D eigenvalue weighted by Crippen LogP contribution is 2.46. The van der Waals surface area contributed by atoms with Crippen LogP contribution in [0.25, 0.3) is 93.5 Å². The van der Waals surface area contributed by atoms with Crippen LogP contribution in [0.3, 0.4) is 0 Å². The van der Waals surface area contributed by atoms with Gasteiger partial charge in [0.1, 0.15) is 0 Å². The van der Waals surface area contributed by atoms with E-state index in [1.165, 1.54) is 71.2 Å². The Hall–Kier alpha value is -8.46. The first-order valence-electron chi connectivity index (χ1n) is 22.0. The zero-order valence-corrected chi connectivity index (χ0v) is 35.1. The van der Waals surface area contributed by atoms with Gasteiger partial charge in [0.2, 0.25) is 0 Å². The molecule has 300 valence electrons. The van der Waals surface area contributed by atoms with Gasteiger partial charge in [-0.3, -0.25) is 0 Å². The highest BCUT2D eigenvalue weighted by Gasteiger charge is 2.23. The third-order valence-corrected chi connectivity index (χ3v) is 12.8. The Morgan fingerprint density at radius 3 is 1.52 bits per heavy atom. The summed E-state index contributed by atoms with van der Waals surface area (Å²) in [7, 11) is 0. The van der Waals surface area contributed by atoms with Gasteiger partial charge in [-0.05, 0) is 116 Å². The maximum atomic E-state index is 2.48. The minimum absolute atomic E-state index is 1.07. The van der Waals surface area contributed by atoms with Crippen LogP contribution in [-0.4, -0.2) is 4.57 Å². The summed E-state index contributed by atoms with van der Waals surface area (Å²) in [6.07, 6.45) is 0. The van der Waals surface area contributed by atoms with E-state index in [4.69, 9.17) is 0 Å². The van der Waals surface area contributed by atoms with Crippen molar-refractivity contribution < 1.29 is 0 Å². The minimum atomic E-state index is 1.07. The van der Waals surface area contributed by atoms with Gasteiger partial charge in [-0.2, -0.15) is 0 Å². The van der Waals surface area contributed by atoms with Gasteiger partial charge in [0.15, 0.2) is 0 Å². The molecule has 0 fully saturated rings. The number of hydrogen-bond acceptors (Lipinski definition) is 1. The lowest BCUT2D eigenvalue weighted by molar-refractivity contribution is 1.18. The Labute approximate surface area is 373 Å². The summed E-state index contributed by atoms with van der Waals surface area (Å²) in [5.41, 5.74) is 16.1. The van der Waals surface area contributed by atoms with Crippen LogP contribution in [-0.2, 0) is 0 Å². The molecule has 2 heteroatoms. The van der Waals surface area contributed by atoms with Crippen molar-refractivity contribution in [2.24, 2.45) is 0 Å². The number of aromatic nitrogens is 1. The summed E-state index contributed by atoms with van der Waals surface area (Å²) in [6.45, 7) is 0. The molecule has 0 spiro atoms. The predicted molar refractivity (Wildman–Crippen MR) is 272 cm³/mol. The number of benzene rings is 11. The number of rotatable bonds is 8. The number of nitrogens with zero attached hydrogens (tertiary/aromatic N) is 2. The summed E-state index contributed by atoms with van der Waals surface area (Å²) in [6, 6.07) is 92.9. The molecule has 0 aliphatic carbocycles. The van der Waals surface area contributed by atoms with E-state index in [2.05, 4.69) is 264 Å². The van der Waals surface area contributed by atoms with Gasteiger partial charge in [-0.25, -0.2) is 0 Å². The summed E-state index contributed by atoms with van der Waals surface area (Å²) < 4.78 is 2.48. The van der Waals surface area contributed by atoms with Gasteiger partial charge < -0.3 is 9.47 Å². The van der Waals surface area contributed by atoms with E-state index < -0.39 is 0 Å². The molecule has 0 unspecified atom stereocenters. The first-order chi connectivity index (χ1) is 31.7. The molecule has 0 radical (unpaired) electrons. The SMILES string of the molecule is c1ccc(-c2ccc(N(c3ccc(-c4cccc5ccccc45)cc3)c3ccc(-c4ccccc4)cc3-c3ccccc3-n3c4ccccc4c4cc5ccccc5cc43)cc2)cc1. The maximum Gasteiger partial charge on any atom is 0.0547 e. The zero-order valence-electron chi connectivity index (χ0n) is 35.1. The molecule has 2 nitrogen and oxygen atoms in total. The van der Waals surface area contributed by atoms with Crippen LogP contribution in [0.1, 0.15) is 0 Å². The lowest BCUT2D eigenvalue weighted by Gasteiger charge is -2.29. The fraction of sp³-hybridized carbons (Fsp3) is 0. The first-order valence-corrected chi connectivity index (χ1v) is 22.0. The molecular formula is C62H42N2. The lowest BCUT2D eigenvalue weighted by atomic mass is 9.94. The van der Waals surface area contributed by atoms with Gasteiger partial charge >= 0.3 is 0 Å². The maximum absolute atomic E-state index is 2.48. The van der Waals surface area contributed by atoms with Crippen molar-refractivity contribution in [2.75, 3.05) is 4.90 Å². The van der Waals surface area contributed by atoms with Gasteiger partial charge in [-0.15, -0.1) is 0 Å². The highest BCUT2D eigenvalue weighted by atomic mass is 15.1. The monoisotopic (exact) mass is 814 g/mol. The van der Waals surface area contributed by atoms with Crippen molar-refractivity contribution in [3.63, 3.8) is 0 Å². The van der Waals surface area contributed by atoms with Crippen LogP contribution in [0.5, 0.6) is 0 Å². The number of hydrogen-bond donors (Lipinski definition) is 0. The van der Waals surface area contributed by atoms with Crippen molar-refractivity contribution >= 4 is 60.4 Å². The molecule has 1 heterocycles. The van der Waals surface area contributed by atoms with Crippen LogP contribution in [0, 0.1) is 0 Å². The van der Waals surface area contributed by atoms with Crippen LogP contribution >= 0.6 is 0 Å². The second-order valence-electron chi connectivity index (χ2n) is 16.5. The van der Waals surface area contributed by atoms with E-state index in [0.717, 1.165) is 39.4 Å². The molecule has 0 aliphatic heterocycles. The van der Waals surface area contributed by atoms with Crippen molar-refractivity contribution in [3.8, 4) is 50.2 Å². The van der Waals surface area contributed by atoms with Crippen LogP contribution < -0.4 is 4.90 Å². The van der Waals surface area contributed by atoms with Crippen molar-refractivity contribution in [3.05, 3.63) is 255 Å². The molecule has 12 aromatic rings. The van der Waals surface area contributed by atoms with Crippen LogP contribution in [0.4, 0.5) is 17.1 Å². The molecule has 0 atom stereocenters. The fourth-order valence-corrected chi connectivity index (χ4v) is 9.70. The Kier molecular flexibility index (Phi) is 9.20. The third kappa shape index (κ3) is 6.52. The lowest BCUT2D eigenvalue weighted by Crippen LogP contribution is -2.12. The summed E-state index contributed by atoms with van der Waals surface area (Å²) in [4.78, 5) is 2.43. The molecule has 0 aliphatic rings. The molecule has 0 N–H and O–H groups in total. The Balaban J connectivity index is 1.10. The highest BCUT2D eigenvalue weighted by molar-refractivity contribution is 6.14. The minimum Gasteiger partial charge on any atom is -0.310 e. The molecular weight excluding hydrogens is 773 g/mol. The van der Waals surface area contributed by atoms with Crippen molar-refractivity contribution in [1.29, 1.82) is 0 Å². The number of fused-ring (bicyclic) bond motifs is 5. The van der Waals surface area contributed by atoms with E-state index in [1.807, 2.05) is 0 Å². The largest absolute Gasteiger partial charge is 0.310 e. The fourth-order valence-electron chi connectivity index (χ4n) is 9.70. The third-order valence-electron chi connectivity index (χ3n) is 12.8. The van der Waals surface area contributed by atoms with E-state index in [9.17, 15) is 0 Å². The number of anilines is 3. The Bertz CT molecular complexity index is 3640. The molecule has 11 aromatic carbocycles. The Morgan fingerprint density at radius 1 is 0.266 bits per heavy atom. The summed E-state index contributed by atoms with van der Waals surface area (Å²) >= 11 is 0. The van der Waals surface area contributed by atoms with Gasteiger partial charge in [-0.1, -0.05) is 194 Å². The predicted octanol–water partition coefficient (Wildman–Crippen LogP) is 17.2. The van der Waals surface area contributed by atoms with Gasteiger partial charge in [0.05, 0.1) is 22.4 Å². The standard InChI is InChI=1S/C62H42N2/c1-3-16-43(17-4-1)45-30-35-51(36-31-45)63(52-37-32-47(33-38-52)54-27-15-23-46-20-9-10-24-53(46)54)61-39-34-50(44-18-5-2-6-19-44)41-57(61)55-25-11-13-28-59(55)64-60-29-14-12-26-56(60)58-40-48-21-7-8-22-49(48)42-62(58)64/h1-42H. The van der Waals surface area contributed by atoms with E-state index in [0.29, 0.717) is 0 Å². The van der Waals surface area contributed by atoms with Crippen LogP contribution in [0.2, 0.25) is 0 Å². The molecule has 0 saturated heterocycles. The average molecular weight is 815 g/mol. The molecule has 0 amide bonds. The van der Waals surface area contributed by atoms with Crippen molar-refractivity contribution in [1.82, 2.24) is 4.57 Å². The summed E-state index contributed by atoms with van der Waals surface area (Å²) in [5.74, 6) is 0. The van der Waals surface area contributed by atoms with E-state index in [1.54, 1.807) is 0 Å². The smallest absolute Gasteiger partial charge is 0.0547 e. The van der Waals surface area contributed by atoms with Gasteiger partial charge in [0, 0.05) is 33.3 Å². The van der Waals surface area contributed by atoms with Gasteiger partial charge in [0.25, 0.3) is 0 Å². The molecule has 64 heavy (non-hydrogen) atoms. The van der Waals surface area contributed by atoms with Crippen molar-refractivity contribution in [2.45, 2.75) is 0 Å². The molecule has 12 rings (SSSR count). The van der Waals surface area contributed by atoms with Crippen LogP contribution in [0.15, 0.2) is 255 Å². The Morgan fingerprint density at radius 2 is 0.781 bits per heavy atom. The zero-order chi connectivity index (χ0) is 42.4. The quantitative estimate of drug-likeness (QED) is 0.148.